The number of para-hydroxylation sites is 2. The molecule has 1 amide bonds. The average molecular weight is 327 g/mol. The Hall–Kier alpha value is -3.40. The van der Waals surface area contributed by atoms with Gasteiger partial charge in [-0.1, -0.05) is 30.3 Å². The second-order valence-corrected chi connectivity index (χ2v) is 5.95. The Bertz CT molecular complexity index is 1020. The first-order chi connectivity index (χ1) is 12.2. The van der Waals surface area contributed by atoms with Gasteiger partial charge in [0, 0.05) is 16.8 Å². The summed E-state index contributed by atoms with van der Waals surface area (Å²) in [6, 6.07) is 23.0. The van der Waals surface area contributed by atoms with Gasteiger partial charge in [0.05, 0.1) is 11.0 Å². The van der Waals surface area contributed by atoms with Crippen LogP contribution in [0.1, 0.15) is 15.9 Å². The molecule has 4 nitrogen and oxygen atoms in total. The van der Waals surface area contributed by atoms with Crippen LogP contribution in [0.2, 0.25) is 0 Å². The molecule has 25 heavy (non-hydrogen) atoms. The van der Waals surface area contributed by atoms with Crippen molar-refractivity contribution in [3.05, 3.63) is 83.9 Å². The van der Waals surface area contributed by atoms with Crippen LogP contribution in [-0.4, -0.2) is 15.9 Å². The van der Waals surface area contributed by atoms with Crippen LogP contribution in [0.25, 0.3) is 22.4 Å². The molecule has 0 spiro atoms. The SMILES string of the molecule is Cc1cc(-c2nc3ccccc3[nH]2)ccc1NC(=O)c1ccccc1. The van der Waals surface area contributed by atoms with E-state index in [4.69, 9.17) is 0 Å². The summed E-state index contributed by atoms with van der Waals surface area (Å²) < 4.78 is 0. The molecular weight excluding hydrogens is 310 g/mol. The first-order valence-electron chi connectivity index (χ1n) is 8.13. The minimum Gasteiger partial charge on any atom is -0.338 e. The number of benzene rings is 3. The molecule has 4 aromatic rings. The fourth-order valence-corrected chi connectivity index (χ4v) is 2.82. The molecule has 0 saturated heterocycles. The van der Waals surface area contributed by atoms with Crippen LogP contribution in [-0.2, 0) is 0 Å². The zero-order valence-corrected chi connectivity index (χ0v) is 13.8. The Labute approximate surface area is 145 Å². The fourth-order valence-electron chi connectivity index (χ4n) is 2.82. The molecule has 4 rings (SSSR count). The molecule has 0 unspecified atom stereocenters. The minimum atomic E-state index is -0.111. The number of carbonyl (C=O) groups excluding carboxylic acids is 1. The maximum Gasteiger partial charge on any atom is 0.255 e. The molecule has 0 bridgehead atoms. The highest BCUT2D eigenvalue weighted by molar-refractivity contribution is 6.04. The Morgan fingerprint density at radius 2 is 1.72 bits per heavy atom. The third kappa shape index (κ3) is 3.02. The molecule has 4 heteroatoms. The molecule has 122 valence electrons. The maximum atomic E-state index is 12.3. The summed E-state index contributed by atoms with van der Waals surface area (Å²) in [6.45, 7) is 1.98. The molecule has 0 radical (unpaired) electrons. The second-order valence-electron chi connectivity index (χ2n) is 5.95. The molecule has 1 heterocycles. The van der Waals surface area contributed by atoms with E-state index in [2.05, 4.69) is 15.3 Å². The van der Waals surface area contributed by atoms with Crippen LogP contribution in [0, 0.1) is 6.92 Å². The van der Waals surface area contributed by atoms with Crippen molar-refractivity contribution in [2.24, 2.45) is 0 Å². The van der Waals surface area contributed by atoms with E-state index in [0.717, 1.165) is 33.7 Å². The van der Waals surface area contributed by atoms with E-state index in [1.807, 2.05) is 67.6 Å². The average Bonchev–Trinajstić information content (AvgIpc) is 3.08. The summed E-state index contributed by atoms with van der Waals surface area (Å²) in [5.74, 6) is 0.713. The van der Waals surface area contributed by atoms with Gasteiger partial charge in [0.25, 0.3) is 5.91 Å². The van der Waals surface area contributed by atoms with Gasteiger partial charge in [-0.25, -0.2) is 4.98 Å². The highest BCUT2D eigenvalue weighted by atomic mass is 16.1. The molecule has 0 aliphatic heterocycles. The molecule has 0 atom stereocenters. The van der Waals surface area contributed by atoms with E-state index >= 15 is 0 Å². The number of nitrogens with one attached hydrogen (secondary N) is 2. The van der Waals surface area contributed by atoms with Crippen LogP contribution < -0.4 is 5.32 Å². The van der Waals surface area contributed by atoms with Gasteiger partial charge < -0.3 is 10.3 Å². The summed E-state index contributed by atoms with van der Waals surface area (Å²) in [5, 5.41) is 2.96. The van der Waals surface area contributed by atoms with E-state index in [1.165, 1.54) is 0 Å². The van der Waals surface area contributed by atoms with Crippen LogP contribution in [0.3, 0.4) is 0 Å². The summed E-state index contributed by atoms with van der Waals surface area (Å²) in [5.41, 5.74) is 5.37. The van der Waals surface area contributed by atoms with Crippen LogP contribution in [0.5, 0.6) is 0 Å². The number of carbonyl (C=O) groups is 1. The van der Waals surface area contributed by atoms with Gasteiger partial charge in [-0.15, -0.1) is 0 Å². The molecule has 3 aromatic carbocycles. The van der Waals surface area contributed by atoms with E-state index in [0.29, 0.717) is 5.56 Å². The fraction of sp³-hybridized carbons (Fsp3) is 0.0476. The van der Waals surface area contributed by atoms with Gasteiger partial charge in [-0.2, -0.15) is 0 Å². The quantitative estimate of drug-likeness (QED) is 0.568. The Morgan fingerprint density at radius 1 is 0.960 bits per heavy atom. The molecule has 0 saturated carbocycles. The summed E-state index contributed by atoms with van der Waals surface area (Å²) in [7, 11) is 0. The van der Waals surface area contributed by atoms with Gasteiger partial charge >= 0.3 is 0 Å². The number of anilines is 1. The molecule has 1 aromatic heterocycles. The standard InChI is InChI=1S/C21H17N3O/c1-14-13-16(20-22-18-9-5-6-10-19(18)23-20)11-12-17(14)24-21(25)15-7-3-2-4-8-15/h2-13H,1H3,(H,22,23)(H,24,25). The van der Waals surface area contributed by atoms with E-state index in [9.17, 15) is 4.79 Å². The molecule has 0 aliphatic carbocycles. The van der Waals surface area contributed by atoms with Crippen LogP contribution in [0.15, 0.2) is 72.8 Å². The smallest absolute Gasteiger partial charge is 0.255 e. The lowest BCUT2D eigenvalue weighted by Gasteiger charge is -2.09. The summed E-state index contributed by atoms with van der Waals surface area (Å²) >= 11 is 0. The number of aromatic amines is 1. The van der Waals surface area contributed by atoms with Crippen molar-refractivity contribution in [2.45, 2.75) is 6.92 Å². The predicted molar refractivity (Wildman–Crippen MR) is 101 cm³/mol. The minimum absolute atomic E-state index is 0.111. The number of H-pyrrole nitrogens is 1. The lowest BCUT2D eigenvalue weighted by molar-refractivity contribution is 0.102. The molecule has 2 N–H and O–H groups in total. The van der Waals surface area contributed by atoms with Gasteiger partial charge in [-0.3, -0.25) is 4.79 Å². The normalized spacial score (nSPS) is 10.8. The lowest BCUT2D eigenvalue weighted by Crippen LogP contribution is -2.12. The number of fused-ring (bicyclic) bond motifs is 1. The Morgan fingerprint density at radius 3 is 2.48 bits per heavy atom. The van der Waals surface area contributed by atoms with Crippen molar-refractivity contribution in [2.75, 3.05) is 5.32 Å². The largest absolute Gasteiger partial charge is 0.338 e. The third-order valence-corrected chi connectivity index (χ3v) is 4.17. The monoisotopic (exact) mass is 327 g/mol. The van der Waals surface area contributed by atoms with Gasteiger partial charge in [0.2, 0.25) is 0 Å². The zero-order valence-electron chi connectivity index (χ0n) is 13.8. The van der Waals surface area contributed by atoms with Crippen molar-refractivity contribution in [3.8, 4) is 11.4 Å². The van der Waals surface area contributed by atoms with Crippen molar-refractivity contribution in [3.63, 3.8) is 0 Å². The first-order valence-corrected chi connectivity index (χ1v) is 8.13. The number of imidazole rings is 1. The van der Waals surface area contributed by atoms with Crippen molar-refractivity contribution < 1.29 is 4.79 Å². The first kappa shape index (κ1) is 15.1. The highest BCUT2D eigenvalue weighted by Crippen LogP contribution is 2.25. The Kier molecular flexibility index (Phi) is 3.78. The number of hydrogen-bond acceptors (Lipinski definition) is 2. The summed E-state index contributed by atoms with van der Waals surface area (Å²) in [6.07, 6.45) is 0. The second kappa shape index (κ2) is 6.24. The third-order valence-electron chi connectivity index (χ3n) is 4.17. The maximum absolute atomic E-state index is 12.3. The molecule has 0 fully saturated rings. The number of aryl methyl sites for hydroxylation is 1. The van der Waals surface area contributed by atoms with Crippen LogP contribution in [0.4, 0.5) is 5.69 Å². The van der Waals surface area contributed by atoms with Crippen molar-refractivity contribution in [1.82, 2.24) is 9.97 Å². The number of nitrogens with zero attached hydrogens (tertiary/aromatic N) is 1. The number of rotatable bonds is 3. The predicted octanol–water partition coefficient (Wildman–Crippen LogP) is 4.79. The Balaban J connectivity index is 1.61. The van der Waals surface area contributed by atoms with E-state index in [-0.39, 0.29) is 5.91 Å². The van der Waals surface area contributed by atoms with Gasteiger partial charge in [-0.05, 0) is 55.0 Å². The summed E-state index contributed by atoms with van der Waals surface area (Å²) in [4.78, 5) is 20.3. The van der Waals surface area contributed by atoms with Gasteiger partial charge in [0.15, 0.2) is 0 Å². The topological polar surface area (TPSA) is 57.8 Å². The van der Waals surface area contributed by atoms with Crippen molar-refractivity contribution >= 4 is 22.6 Å². The van der Waals surface area contributed by atoms with E-state index in [1.54, 1.807) is 12.1 Å². The van der Waals surface area contributed by atoms with Gasteiger partial charge in [0.1, 0.15) is 5.82 Å². The number of hydrogen-bond donors (Lipinski definition) is 2. The molecular formula is C21H17N3O. The highest BCUT2D eigenvalue weighted by Gasteiger charge is 2.10. The number of aromatic nitrogens is 2. The zero-order chi connectivity index (χ0) is 17.2. The van der Waals surface area contributed by atoms with Crippen LogP contribution >= 0.6 is 0 Å². The van der Waals surface area contributed by atoms with Crippen molar-refractivity contribution in [1.29, 1.82) is 0 Å². The molecule has 0 aliphatic rings. The number of amides is 1. The van der Waals surface area contributed by atoms with E-state index < -0.39 is 0 Å². The lowest BCUT2D eigenvalue weighted by atomic mass is 10.1.